The molecule has 2 aromatic rings. The third-order valence-electron chi connectivity index (χ3n) is 6.26. The summed E-state index contributed by atoms with van der Waals surface area (Å²) in [6.45, 7) is 3.12. The lowest BCUT2D eigenvalue weighted by atomic mass is 9.95. The number of rotatable bonds is 4. The number of hydrogen-bond acceptors (Lipinski definition) is 5. The van der Waals surface area contributed by atoms with E-state index in [1.54, 1.807) is 0 Å². The van der Waals surface area contributed by atoms with Crippen LogP contribution in [-0.4, -0.2) is 45.6 Å². The van der Waals surface area contributed by atoms with Crippen LogP contribution in [0.15, 0.2) is 29.3 Å². The Morgan fingerprint density at radius 2 is 2.10 bits per heavy atom. The zero-order valence-electron chi connectivity index (χ0n) is 17.0. The molecular formula is C21H28N6O2. The lowest BCUT2D eigenvalue weighted by Crippen LogP contribution is -2.49. The van der Waals surface area contributed by atoms with Gasteiger partial charge in [0.15, 0.2) is 11.8 Å². The fourth-order valence-electron chi connectivity index (χ4n) is 4.49. The molecule has 5 rings (SSSR count). The molecule has 0 aliphatic carbocycles. The molecule has 2 bridgehead atoms. The average molecular weight is 396 g/mol. The molecule has 8 nitrogen and oxygen atoms in total. The summed E-state index contributed by atoms with van der Waals surface area (Å²) in [5, 5.41) is 15.7. The summed E-state index contributed by atoms with van der Waals surface area (Å²) in [5.74, 6) is 3.48. The van der Waals surface area contributed by atoms with Crippen molar-refractivity contribution in [3.8, 4) is 5.75 Å². The van der Waals surface area contributed by atoms with Crippen molar-refractivity contribution in [1.82, 2.24) is 25.4 Å². The Hall–Kier alpha value is -2.61. The van der Waals surface area contributed by atoms with Crippen molar-refractivity contribution in [2.75, 3.05) is 6.61 Å². The van der Waals surface area contributed by atoms with Crippen LogP contribution in [0.3, 0.4) is 0 Å². The first-order chi connectivity index (χ1) is 14.2. The minimum atomic E-state index is 0.159. The van der Waals surface area contributed by atoms with E-state index in [4.69, 9.17) is 14.5 Å². The van der Waals surface area contributed by atoms with Gasteiger partial charge in [0.05, 0.1) is 30.9 Å². The number of aliphatic imine (C=N–C) groups is 1. The molecule has 4 atom stereocenters. The molecule has 0 amide bonds. The van der Waals surface area contributed by atoms with Crippen LogP contribution in [0, 0.1) is 6.92 Å². The lowest BCUT2D eigenvalue weighted by Gasteiger charge is -2.30. The van der Waals surface area contributed by atoms with E-state index in [9.17, 15) is 0 Å². The highest BCUT2D eigenvalue weighted by atomic mass is 16.5. The molecule has 3 aliphatic rings. The predicted octanol–water partition coefficient (Wildman–Crippen LogP) is 2.00. The van der Waals surface area contributed by atoms with Gasteiger partial charge in [0.1, 0.15) is 18.1 Å². The first-order valence-electron chi connectivity index (χ1n) is 10.5. The largest absolute Gasteiger partial charge is 0.493 e. The van der Waals surface area contributed by atoms with Crippen molar-refractivity contribution in [2.24, 2.45) is 12.0 Å². The summed E-state index contributed by atoms with van der Waals surface area (Å²) in [6.07, 6.45) is 4.91. The number of nitrogens with zero attached hydrogens (tertiary/aromatic N) is 4. The molecule has 1 aromatic heterocycles. The Bertz CT molecular complexity index is 910. The molecule has 8 heteroatoms. The van der Waals surface area contributed by atoms with E-state index in [2.05, 4.69) is 33.0 Å². The number of guanidine groups is 1. The topological polar surface area (TPSA) is 85.6 Å². The highest BCUT2D eigenvalue weighted by molar-refractivity contribution is 5.81. The van der Waals surface area contributed by atoms with Gasteiger partial charge in [0.25, 0.3) is 0 Å². The summed E-state index contributed by atoms with van der Waals surface area (Å²) < 4.78 is 13.8. The van der Waals surface area contributed by atoms with Crippen LogP contribution in [0.2, 0.25) is 0 Å². The molecule has 4 heterocycles. The maximum absolute atomic E-state index is 6.03. The van der Waals surface area contributed by atoms with Gasteiger partial charge in [-0.3, -0.25) is 0 Å². The van der Waals surface area contributed by atoms with Crippen LogP contribution in [0.5, 0.6) is 5.75 Å². The second-order valence-corrected chi connectivity index (χ2v) is 8.12. The van der Waals surface area contributed by atoms with Crippen LogP contribution in [0.1, 0.15) is 48.9 Å². The summed E-state index contributed by atoms with van der Waals surface area (Å²) in [7, 11) is 1.97. The number of nitrogens with one attached hydrogen (secondary N) is 2. The molecule has 0 saturated carbocycles. The smallest absolute Gasteiger partial charge is 0.192 e. The van der Waals surface area contributed by atoms with Crippen LogP contribution >= 0.6 is 0 Å². The van der Waals surface area contributed by atoms with Crippen molar-refractivity contribution in [3.05, 3.63) is 41.5 Å². The molecule has 29 heavy (non-hydrogen) atoms. The molecule has 4 unspecified atom stereocenters. The van der Waals surface area contributed by atoms with Gasteiger partial charge >= 0.3 is 0 Å². The Morgan fingerprint density at radius 3 is 2.86 bits per heavy atom. The van der Waals surface area contributed by atoms with E-state index in [1.807, 2.05) is 30.7 Å². The fourth-order valence-corrected chi connectivity index (χ4v) is 4.49. The number of para-hydroxylation sites is 1. The van der Waals surface area contributed by atoms with Gasteiger partial charge < -0.3 is 24.7 Å². The molecule has 2 N–H and O–H groups in total. The van der Waals surface area contributed by atoms with Gasteiger partial charge in [-0.25, -0.2) is 4.99 Å². The Labute approximate surface area is 170 Å². The highest BCUT2D eigenvalue weighted by Gasteiger charge is 2.41. The number of fused-ring (bicyclic) bond motifs is 3. The molecule has 1 aromatic carbocycles. The van der Waals surface area contributed by atoms with Gasteiger partial charge in [-0.1, -0.05) is 18.2 Å². The quantitative estimate of drug-likeness (QED) is 0.607. The zero-order chi connectivity index (χ0) is 19.8. The van der Waals surface area contributed by atoms with Crippen molar-refractivity contribution in [3.63, 3.8) is 0 Å². The summed E-state index contributed by atoms with van der Waals surface area (Å²) >= 11 is 0. The zero-order valence-corrected chi connectivity index (χ0v) is 17.0. The third-order valence-corrected chi connectivity index (χ3v) is 6.26. The van der Waals surface area contributed by atoms with E-state index in [0.29, 0.717) is 25.3 Å². The van der Waals surface area contributed by atoms with Crippen molar-refractivity contribution < 1.29 is 9.47 Å². The first kappa shape index (κ1) is 18.4. The molecule has 154 valence electrons. The predicted molar refractivity (Wildman–Crippen MR) is 109 cm³/mol. The van der Waals surface area contributed by atoms with E-state index in [0.717, 1.165) is 42.6 Å². The van der Waals surface area contributed by atoms with E-state index in [-0.39, 0.29) is 12.1 Å². The van der Waals surface area contributed by atoms with Gasteiger partial charge in [0.2, 0.25) is 0 Å². The van der Waals surface area contributed by atoms with E-state index < -0.39 is 0 Å². The average Bonchev–Trinajstić information content (AvgIpc) is 3.44. The summed E-state index contributed by atoms with van der Waals surface area (Å²) in [5.41, 5.74) is 1.17. The van der Waals surface area contributed by atoms with Crippen LogP contribution in [-0.2, 0) is 18.3 Å². The number of ether oxygens (including phenoxy) is 2. The maximum Gasteiger partial charge on any atom is 0.192 e. The minimum Gasteiger partial charge on any atom is -0.493 e. The van der Waals surface area contributed by atoms with E-state index in [1.165, 1.54) is 12.0 Å². The standard InChI is InChI=1S/C21H28N6O2/c1-13-25-26-20(27(13)2)12-22-21(24-17-11-14-7-8-19(17)29-14)23-16-9-10-28-18-6-4-3-5-15(16)18/h3-6,14,16-17,19H,7-12H2,1-2H3,(H2,22,23,24). The fraction of sp³-hybridized carbons (Fsp3) is 0.571. The van der Waals surface area contributed by atoms with Crippen molar-refractivity contribution in [2.45, 2.75) is 63.4 Å². The second-order valence-electron chi connectivity index (χ2n) is 8.12. The Kier molecular flexibility index (Phi) is 4.87. The molecule has 0 spiro atoms. The first-order valence-corrected chi connectivity index (χ1v) is 10.5. The molecule has 0 radical (unpaired) electrons. The van der Waals surface area contributed by atoms with Gasteiger partial charge in [0, 0.05) is 19.0 Å². The summed E-state index contributed by atoms with van der Waals surface area (Å²) in [4.78, 5) is 4.86. The third kappa shape index (κ3) is 3.69. The van der Waals surface area contributed by atoms with Gasteiger partial charge in [-0.15, -0.1) is 10.2 Å². The monoisotopic (exact) mass is 396 g/mol. The van der Waals surface area contributed by atoms with Crippen molar-refractivity contribution in [1.29, 1.82) is 0 Å². The number of benzene rings is 1. The van der Waals surface area contributed by atoms with Crippen LogP contribution < -0.4 is 15.4 Å². The Morgan fingerprint density at radius 1 is 1.21 bits per heavy atom. The minimum absolute atomic E-state index is 0.159. The highest BCUT2D eigenvalue weighted by Crippen LogP contribution is 2.35. The van der Waals surface area contributed by atoms with Crippen LogP contribution in [0.25, 0.3) is 0 Å². The second kappa shape index (κ2) is 7.67. The van der Waals surface area contributed by atoms with Crippen molar-refractivity contribution >= 4 is 5.96 Å². The number of aromatic nitrogens is 3. The molecule has 2 fully saturated rings. The Balaban J connectivity index is 1.36. The number of hydrogen-bond donors (Lipinski definition) is 2. The van der Waals surface area contributed by atoms with Crippen LogP contribution in [0.4, 0.5) is 0 Å². The van der Waals surface area contributed by atoms with Gasteiger partial charge in [-0.2, -0.15) is 0 Å². The normalized spacial score (nSPS) is 28.1. The summed E-state index contributed by atoms with van der Waals surface area (Å²) in [6, 6.07) is 8.68. The number of aryl methyl sites for hydroxylation is 1. The van der Waals surface area contributed by atoms with Gasteiger partial charge in [-0.05, 0) is 32.3 Å². The molecule has 2 saturated heterocycles. The maximum atomic E-state index is 6.03. The molecular weight excluding hydrogens is 368 g/mol. The van der Waals surface area contributed by atoms with E-state index >= 15 is 0 Å². The molecule has 3 aliphatic heterocycles. The lowest BCUT2D eigenvalue weighted by molar-refractivity contribution is 0.0991. The SMILES string of the molecule is Cc1nnc(CN=C(NC2CCOc3ccccc32)NC2CC3CCC2O3)n1C.